The number of amides is 2. The summed E-state index contributed by atoms with van der Waals surface area (Å²) in [6.45, 7) is 1.81. The molecule has 0 bridgehead atoms. The first kappa shape index (κ1) is 23.4. The smallest absolute Gasteiger partial charge is 0.343 e. The van der Waals surface area contributed by atoms with Gasteiger partial charge in [-0.2, -0.15) is 0 Å². The molecule has 3 aromatic carbocycles. The summed E-state index contributed by atoms with van der Waals surface area (Å²) in [5.41, 5.74) is 1.81. The molecular weight excluding hydrogens is 479 g/mol. The fourth-order valence-electron chi connectivity index (χ4n) is 3.28. The molecule has 0 atom stereocenters. The molecular formula is C25H18Cl2N2O5. The second kappa shape index (κ2) is 9.59. The highest BCUT2D eigenvalue weighted by Crippen LogP contribution is 2.32. The zero-order valence-corrected chi connectivity index (χ0v) is 19.6. The van der Waals surface area contributed by atoms with E-state index in [4.69, 9.17) is 32.7 Å². The topological polar surface area (TPSA) is 84.9 Å². The summed E-state index contributed by atoms with van der Waals surface area (Å²) in [5.74, 6) is -0.946. The number of carbonyl (C=O) groups excluding carboxylic acids is 3. The molecule has 2 amide bonds. The molecule has 0 aromatic heterocycles. The molecule has 0 saturated heterocycles. The first-order chi connectivity index (χ1) is 16.3. The number of halogens is 2. The lowest BCUT2D eigenvalue weighted by Crippen LogP contribution is -2.32. The molecule has 1 N–H and O–H groups in total. The quantitative estimate of drug-likeness (QED) is 0.282. The summed E-state index contributed by atoms with van der Waals surface area (Å²) < 4.78 is 10.5. The van der Waals surface area contributed by atoms with E-state index in [0.717, 1.165) is 10.5 Å². The van der Waals surface area contributed by atoms with Crippen LogP contribution in [0.15, 0.2) is 77.5 Å². The van der Waals surface area contributed by atoms with Gasteiger partial charge in [0.15, 0.2) is 0 Å². The number of ether oxygens (including phenoxy) is 2. The van der Waals surface area contributed by atoms with E-state index in [-0.39, 0.29) is 10.7 Å². The van der Waals surface area contributed by atoms with Crippen LogP contribution in [0.2, 0.25) is 5.02 Å². The fourth-order valence-corrected chi connectivity index (χ4v) is 3.61. The Balaban J connectivity index is 1.48. The second-order valence-electron chi connectivity index (χ2n) is 7.34. The third kappa shape index (κ3) is 4.62. The molecule has 34 heavy (non-hydrogen) atoms. The predicted molar refractivity (Wildman–Crippen MR) is 130 cm³/mol. The largest absolute Gasteiger partial charge is 0.497 e. The van der Waals surface area contributed by atoms with Gasteiger partial charge < -0.3 is 14.8 Å². The number of esters is 1. The van der Waals surface area contributed by atoms with Crippen LogP contribution in [-0.4, -0.2) is 24.9 Å². The zero-order chi connectivity index (χ0) is 24.4. The number of anilines is 2. The summed E-state index contributed by atoms with van der Waals surface area (Å²) >= 11 is 12.2. The average Bonchev–Trinajstić information content (AvgIpc) is 3.05. The molecule has 0 fully saturated rings. The molecule has 0 saturated carbocycles. The first-order valence-electron chi connectivity index (χ1n) is 10.1. The molecule has 3 aromatic rings. The van der Waals surface area contributed by atoms with Crippen LogP contribution in [0.1, 0.15) is 15.9 Å². The van der Waals surface area contributed by atoms with Gasteiger partial charge in [-0.05, 0) is 67.1 Å². The molecule has 0 radical (unpaired) electrons. The average molecular weight is 497 g/mol. The van der Waals surface area contributed by atoms with Crippen LogP contribution in [0.4, 0.5) is 11.4 Å². The number of carbonyl (C=O) groups is 3. The number of hydrogen-bond donors (Lipinski definition) is 1. The number of rotatable bonds is 6. The van der Waals surface area contributed by atoms with Crippen molar-refractivity contribution in [2.24, 2.45) is 0 Å². The zero-order valence-electron chi connectivity index (χ0n) is 18.1. The van der Waals surface area contributed by atoms with Crippen LogP contribution in [0.5, 0.6) is 11.5 Å². The third-order valence-corrected chi connectivity index (χ3v) is 5.84. The van der Waals surface area contributed by atoms with Gasteiger partial charge in [-0.25, -0.2) is 9.69 Å². The Bertz CT molecular complexity index is 1340. The van der Waals surface area contributed by atoms with Gasteiger partial charge >= 0.3 is 5.97 Å². The molecule has 0 spiro atoms. The second-order valence-corrected chi connectivity index (χ2v) is 8.12. The number of nitrogens with zero attached hydrogens (tertiary/aromatic N) is 1. The van der Waals surface area contributed by atoms with Crippen molar-refractivity contribution < 1.29 is 23.9 Å². The molecule has 9 heteroatoms. The summed E-state index contributed by atoms with van der Waals surface area (Å²) in [7, 11) is 1.49. The Morgan fingerprint density at radius 2 is 1.65 bits per heavy atom. The van der Waals surface area contributed by atoms with Gasteiger partial charge in [0.25, 0.3) is 11.8 Å². The minimum atomic E-state index is -0.652. The van der Waals surface area contributed by atoms with Crippen LogP contribution in [-0.2, 0) is 9.59 Å². The Morgan fingerprint density at radius 1 is 0.912 bits per heavy atom. The van der Waals surface area contributed by atoms with Gasteiger partial charge in [-0.1, -0.05) is 29.3 Å². The summed E-state index contributed by atoms with van der Waals surface area (Å²) in [6, 6.07) is 17.7. The molecule has 1 heterocycles. The van der Waals surface area contributed by atoms with E-state index in [1.54, 1.807) is 54.6 Å². The summed E-state index contributed by atoms with van der Waals surface area (Å²) in [6.07, 6.45) is 0. The monoisotopic (exact) mass is 496 g/mol. The Hall–Kier alpha value is -3.81. The van der Waals surface area contributed by atoms with Gasteiger partial charge in [0.05, 0.1) is 18.4 Å². The van der Waals surface area contributed by atoms with Gasteiger partial charge in [-0.15, -0.1) is 0 Å². The van der Waals surface area contributed by atoms with E-state index in [1.807, 2.05) is 6.92 Å². The molecule has 7 nitrogen and oxygen atoms in total. The van der Waals surface area contributed by atoms with Crippen molar-refractivity contribution in [3.63, 3.8) is 0 Å². The number of hydrogen-bond acceptors (Lipinski definition) is 6. The van der Waals surface area contributed by atoms with Crippen molar-refractivity contribution >= 4 is 52.4 Å². The van der Waals surface area contributed by atoms with Gasteiger partial charge in [0, 0.05) is 16.8 Å². The number of methoxy groups -OCH3 is 1. The van der Waals surface area contributed by atoms with Crippen molar-refractivity contribution in [1.29, 1.82) is 0 Å². The normalized spacial score (nSPS) is 13.4. The predicted octanol–water partition coefficient (Wildman–Crippen LogP) is 5.31. The lowest BCUT2D eigenvalue weighted by Gasteiger charge is -2.16. The minimum absolute atomic E-state index is 0.0681. The lowest BCUT2D eigenvalue weighted by atomic mass is 10.2. The highest BCUT2D eigenvalue weighted by Gasteiger charge is 2.39. The molecule has 0 aliphatic carbocycles. The fraction of sp³-hybridized carbons (Fsp3) is 0.0800. The van der Waals surface area contributed by atoms with Gasteiger partial charge in [0.1, 0.15) is 22.2 Å². The molecule has 1 aliphatic heterocycles. The van der Waals surface area contributed by atoms with Gasteiger partial charge in [0.2, 0.25) is 0 Å². The van der Waals surface area contributed by atoms with E-state index in [1.165, 1.54) is 19.2 Å². The van der Waals surface area contributed by atoms with Crippen LogP contribution >= 0.6 is 23.2 Å². The molecule has 172 valence electrons. The lowest BCUT2D eigenvalue weighted by molar-refractivity contribution is -0.120. The molecule has 4 rings (SSSR count). The van der Waals surface area contributed by atoms with Crippen molar-refractivity contribution in [1.82, 2.24) is 0 Å². The maximum absolute atomic E-state index is 12.9. The van der Waals surface area contributed by atoms with E-state index < -0.39 is 17.8 Å². The van der Waals surface area contributed by atoms with E-state index >= 15 is 0 Å². The number of imide groups is 1. The Morgan fingerprint density at radius 3 is 2.32 bits per heavy atom. The Kier molecular flexibility index (Phi) is 6.58. The maximum atomic E-state index is 12.9. The number of nitrogens with one attached hydrogen (secondary N) is 1. The third-order valence-electron chi connectivity index (χ3n) is 5.07. The maximum Gasteiger partial charge on any atom is 0.343 e. The summed E-state index contributed by atoms with van der Waals surface area (Å²) in [5, 5.41) is 3.20. The molecule has 0 unspecified atom stereocenters. The minimum Gasteiger partial charge on any atom is -0.497 e. The van der Waals surface area contributed by atoms with Crippen molar-refractivity contribution in [3.8, 4) is 11.5 Å². The Labute approximate surface area is 205 Å². The summed E-state index contributed by atoms with van der Waals surface area (Å²) in [4.78, 5) is 39.0. The first-order valence-corrected chi connectivity index (χ1v) is 10.8. The number of benzene rings is 3. The van der Waals surface area contributed by atoms with E-state index in [9.17, 15) is 14.4 Å². The highest BCUT2D eigenvalue weighted by molar-refractivity contribution is 6.53. The van der Waals surface area contributed by atoms with Crippen molar-refractivity contribution in [2.75, 3.05) is 17.3 Å². The number of aryl methyl sites for hydroxylation is 1. The SMILES string of the molecule is COc1cccc(N2C(=O)C(Cl)=C(Nc3ccc(C(=O)Oc4ccc(Cl)c(C)c4)cc3)C2=O)c1. The van der Waals surface area contributed by atoms with Gasteiger partial charge in [-0.3, -0.25) is 9.59 Å². The van der Waals surface area contributed by atoms with Crippen molar-refractivity contribution in [2.45, 2.75) is 6.92 Å². The van der Waals surface area contributed by atoms with Crippen LogP contribution in [0.3, 0.4) is 0 Å². The van der Waals surface area contributed by atoms with Crippen molar-refractivity contribution in [3.05, 3.63) is 93.6 Å². The van der Waals surface area contributed by atoms with Crippen LogP contribution in [0, 0.1) is 6.92 Å². The highest BCUT2D eigenvalue weighted by atomic mass is 35.5. The van der Waals surface area contributed by atoms with Crippen LogP contribution < -0.4 is 19.7 Å². The molecule has 1 aliphatic rings. The standard InChI is InChI=1S/C25H18Cl2N2O5/c1-14-12-19(10-11-20(14)26)34-25(32)15-6-8-16(9-7-15)28-22-21(27)23(30)29(24(22)31)17-4-3-5-18(13-17)33-2/h3-13,28H,1-2H3. The van der Waals surface area contributed by atoms with E-state index in [0.29, 0.717) is 33.5 Å². The van der Waals surface area contributed by atoms with E-state index in [2.05, 4.69) is 5.32 Å². The van der Waals surface area contributed by atoms with Crippen LogP contribution in [0.25, 0.3) is 0 Å².